The van der Waals surface area contributed by atoms with Gasteiger partial charge in [0.2, 0.25) is 0 Å². The number of rotatable bonds is 2. The van der Waals surface area contributed by atoms with Gasteiger partial charge in [-0.15, -0.1) is 0 Å². The summed E-state index contributed by atoms with van der Waals surface area (Å²) in [5.74, 6) is 0.636. The molecule has 0 spiro atoms. The average molecular weight is 248 g/mol. The Kier molecular flexibility index (Phi) is 4.59. The maximum absolute atomic E-state index is 12.0. The van der Waals surface area contributed by atoms with E-state index in [0.29, 0.717) is 12.3 Å². The molecule has 2 rings (SSSR count). The average Bonchev–Trinajstić information content (AvgIpc) is 2.68. The van der Waals surface area contributed by atoms with Gasteiger partial charge >= 0.3 is 6.09 Å². The number of aryl methyl sites for hydroxylation is 1. The highest BCUT2D eigenvalue weighted by molar-refractivity contribution is 5.70. The number of amides is 1. The third-order valence-electron chi connectivity index (χ3n) is 3.11. The quantitative estimate of drug-likeness (QED) is 0.871. The highest BCUT2D eigenvalue weighted by atomic mass is 16.6. The number of nitrogens with one attached hydrogen (secondary N) is 1. The highest BCUT2D eigenvalue weighted by Gasteiger charge is 2.17. The molecular formula is C14H20N2O2. The molecule has 1 fully saturated rings. The summed E-state index contributed by atoms with van der Waals surface area (Å²) in [4.78, 5) is 13.8. The lowest BCUT2D eigenvalue weighted by atomic mass is 10.2. The highest BCUT2D eigenvalue weighted by Crippen LogP contribution is 2.15. The summed E-state index contributed by atoms with van der Waals surface area (Å²) in [6.07, 6.45) is 1.68. The zero-order chi connectivity index (χ0) is 12.8. The summed E-state index contributed by atoms with van der Waals surface area (Å²) in [5.41, 5.74) is 1.18. The maximum atomic E-state index is 12.0. The molecule has 0 unspecified atom stereocenters. The molecule has 1 heterocycles. The van der Waals surface area contributed by atoms with E-state index < -0.39 is 0 Å². The molecule has 1 aromatic carbocycles. The molecule has 1 saturated heterocycles. The molecule has 4 nitrogen and oxygen atoms in total. The van der Waals surface area contributed by atoms with Gasteiger partial charge in [0.15, 0.2) is 0 Å². The molecule has 1 aromatic rings. The lowest BCUT2D eigenvalue weighted by Crippen LogP contribution is -2.36. The van der Waals surface area contributed by atoms with Gasteiger partial charge in [0.1, 0.15) is 5.75 Å². The van der Waals surface area contributed by atoms with Crippen molar-refractivity contribution >= 4 is 6.09 Å². The third kappa shape index (κ3) is 3.47. The Hall–Kier alpha value is -1.55. The van der Waals surface area contributed by atoms with Crippen LogP contribution in [0, 0.1) is 0 Å². The minimum atomic E-state index is -0.244. The van der Waals surface area contributed by atoms with E-state index in [-0.39, 0.29) is 6.09 Å². The van der Waals surface area contributed by atoms with Crippen LogP contribution < -0.4 is 10.1 Å². The van der Waals surface area contributed by atoms with E-state index in [9.17, 15) is 4.79 Å². The lowest BCUT2D eigenvalue weighted by molar-refractivity contribution is 0.155. The molecular weight excluding hydrogens is 228 g/mol. The number of hydrogen-bond donors (Lipinski definition) is 1. The van der Waals surface area contributed by atoms with E-state index >= 15 is 0 Å². The predicted octanol–water partition coefficient (Wildman–Crippen LogP) is 2.04. The van der Waals surface area contributed by atoms with E-state index in [1.807, 2.05) is 24.3 Å². The van der Waals surface area contributed by atoms with E-state index in [2.05, 4.69) is 12.2 Å². The molecule has 0 radical (unpaired) electrons. The Labute approximate surface area is 108 Å². The Morgan fingerprint density at radius 1 is 1.39 bits per heavy atom. The number of benzene rings is 1. The Bertz CT molecular complexity index is 399. The Balaban J connectivity index is 1.96. The van der Waals surface area contributed by atoms with Gasteiger partial charge in [-0.05, 0) is 37.1 Å². The standard InChI is InChI=1S/C14H20N2O2/c1-2-12-5-3-6-13(11-12)18-14(17)16-9-4-7-15-8-10-16/h3,5-6,11,15H,2,4,7-10H2,1H3. The van der Waals surface area contributed by atoms with Crippen LogP contribution in [0.2, 0.25) is 0 Å². The largest absolute Gasteiger partial charge is 0.415 e. The van der Waals surface area contributed by atoms with Crippen LogP contribution >= 0.6 is 0 Å². The first-order valence-corrected chi connectivity index (χ1v) is 6.56. The molecule has 18 heavy (non-hydrogen) atoms. The van der Waals surface area contributed by atoms with Crippen LogP contribution in [0.4, 0.5) is 4.79 Å². The fourth-order valence-corrected chi connectivity index (χ4v) is 2.02. The molecule has 0 bridgehead atoms. The zero-order valence-corrected chi connectivity index (χ0v) is 10.8. The van der Waals surface area contributed by atoms with Gasteiger partial charge in [0.05, 0.1) is 0 Å². The van der Waals surface area contributed by atoms with Crippen molar-refractivity contribution in [3.63, 3.8) is 0 Å². The number of hydrogen-bond acceptors (Lipinski definition) is 3. The SMILES string of the molecule is CCc1cccc(OC(=O)N2CCCNCC2)c1. The molecule has 1 N–H and O–H groups in total. The number of ether oxygens (including phenoxy) is 1. The topological polar surface area (TPSA) is 41.6 Å². The molecule has 0 atom stereocenters. The first-order chi connectivity index (χ1) is 8.79. The van der Waals surface area contributed by atoms with Gasteiger partial charge in [-0.2, -0.15) is 0 Å². The van der Waals surface area contributed by atoms with Gasteiger partial charge in [-0.1, -0.05) is 19.1 Å². The van der Waals surface area contributed by atoms with Crippen LogP contribution in [0.1, 0.15) is 18.9 Å². The second-order valence-corrected chi connectivity index (χ2v) is 4.46. The summed E-state index contributed by atoms with van der Waals surface area (Å²) in [7, 11) is 0. The first kappa shape index (κ1) is 12.9. The van der Waals surface area contributed by atoms with Crippen molar-refractivity contribution in [2.24, 2.45) is 0 Å². The van der Waals surface area contributed by atoms with Crippen LogP contribution in [-0.4, -0.2) is 37.2 Å². The van der Waals surface area contributed by atoms with E-state index in [1.54, 1.807) is 4.90 Å². The zero-order valence-electron chi connectivity index (χ0n) is 10.8. The number of nitrogens with zero attached hydrogens (tertiary/aromatic N) is 1. The minimum Gasteiger partial charge on any atom is -0.410 e. The number of carbonyl (C=O) groups excluding carboxylic acids is 1. The van der Waals surface area contributed by atoms with Crippen molar-refractivity contribution in [3.05, 3.63) is 29.8 Å². The molecule has 0 aliphatic carbocycles. The fourth-order valence-electron chi connectivity index (χ4n) is 2.02. The van der Waals surface area contributed by atoms with Crippen LogP contribution in [0.15, 0.2) is 24.3 Å². The monoisotopic (exact) mass is 248 g/mol. The first-order valence-electron chi connectivity index (χ1n) is 6.56. The van der Waals surface area contributed by atoms with Gasteiger partial charge in [0.25, 0.3) is 0 Å². The second-order valence-electron chi connectivity index (χ2n) is 4.46. The van der Waals surface area contributed by atoms with E-state index in [0.717, 1.165) is 32.5 Å². The van der Waals surface area contributed by atoms with Crippen molar-refractivity contribution in [3.8, 4) is 5.75 Å². The second kappa shape index (κ2) is 6.40. The van der Waals surface area contributed by atoms with Gasteiger partial charge in [-0.25, -0.2) is 4.79 Å². The Morgan fingerprint density at radius 3 is 3.11 bits per heavy atom. The normalized spacial score (nSPS) is 16.2. The third-order valence-corrected chi connectivity index (χ3v) is 3.11. The van der Waals surface area contributed by atoms with E-state index in [1.165, 1.54) is 5.56 Å². The molecule has 1 aliphatic rings. The minimum absolute atomic E-state index is 0.244. The Morgan fingerprint density at radius 2 is 2.28 bits per heavy atom. The molecule has 0 aromatic heterocycles. The molecule has 1 amide bonds. The lowest BCUT2D eigenvalue weighted by Gasteiger charge is -2.19. The van der Waals surface area contributed by atoms with Gasteiger partial charge < -0.3 is 15.0 Å². The van der Waals surface area contributed by atoms with Crippen molar-refractivity contribution in [1.29, 1.82) is 0 Å². The van der Waals surface area contributed by atoms with Crippen molar-refractivity contribution < 1.29 is 9.53 Å². The molecule has 98 valence electrons. The summed E-state index contributed by atoms with van der Waals surface area (Å²) in [5, 5.41) is 3.26. The van der Waals surface area contributed by atoms with Crippen LogP contribution in [-0.2, 0) is 6.42 Å². The van der Waals surface area contributed by atoms with Crippen molar-refractivity contribution in [2.75, 3.05) is 26.2 Å². The summed E-state index contributed by atoms with van der Waals surface area (Å²) >= 11 is 0. The summed E-state index contributed by atoms with van der Waals surface area (Å²) in [6.45, 7) is 5.37. The molecule has 0 saturated carbocycles. The van der Waals surface area contributed by atoms with E-state index in [4.69, 9.17) is 4.74 Å². The fraction of sp³-hybridized carbons (Fsp3) is 0.500. The summed E-state index contributed by atoms with van der Waals surface area (Å²) < 4.78 is 5.41. The van der Waals surface area contributed by atoms with Crippen LogP contribution in [0.5, 0.6) is 5.75 Å². The molecule has 4 heteroatoms. The summed E-state index contributed by atoms with van der Waals surface area (Å²) in [6, 6.07) is 7.71. The number of carbonyl (C=O) groups is 1. The van der Waals surface area contributed by atoms with Crippen LogP contribution in [0.25, 0.3) is 0 Å². The van der Waals surface area contributed by atoms with Crippen LogP contribution in [0.3, 0.4) is 0 Å². The van der Waals surface area contributed by atoms with Gasteiger partial charge in [-0.3, -0.25) is 0 Å². The van der Waals surface area contributed by atoms with Gasteiger partial charge in [0, 0.05) is 19.6 Å². The predicted molar refractivity (Wildman–Crippen MR) is 70.9 cm³/mol. The smallest absolute Gasteiger partial charge is 0.410 e. The van der Waals surface area contributed by atoms with Crippen molar-refractivity contribution in [1.82, 2.24) is 10.2 Å². The molecule has 1 aliphatic heterocycles. The van der Waals surface area contributed by atoms with Crippen molar-refractivity contribution in [2.45, 2.75) is 19.8 Å². The maximum Gasteiger partial charge on any atom is 0.415 e.